The summed E-state index contributed by atoms with van der Waals surface area (Å²) in [4.78, 5) is 43.1. The molecular formula is C22H29N3O4. The molecule has 3 fully saturated rings. The van der Waals surface area contributed by atoms with Crippen molar-refractivity contribution in [2.24, 2.45) is 5.92 Å². The summed E-state index contributed by atoms with van der Waals surface area (Å²) in [6.45, 7) is 5.32. The molecule has 0 bridgehead atoms. The highest BCUT2D eigenvalue weighted by molar-refractivity contribution is 5.89. The van der Waals surface area contributed by atoms with Crippen LogP contribution in [0.15, 0.2) is 24.3 Å². The second kappa shape index (κ2) is 8.43. The Balaban J connectivity index is 1.25. The van der Waals surface area contributed by atoms with Crippen molar-refractivity contribution in [1.82, 2.24) is 14.7 Å². The van der Waals surface area contributed by atoms with E-state index in [4.69, 9.17) is 4.74 Å². The first-order chi connectivity index (χ1) is 14.0. The predicted molar refractivity (Wildman–Crippen MR) is 107 cm³/mol. The molecule has 3 aliphatic rings. The maximum atomic E-state index is 12.8. The van der Waals surface area contributed by atoms with Crippen molar-refractivity contribution in [3.8, 4) is 5.75 Å². The number of hydrogen-bond donors (Lipinski definition) is 0. The van der Waals surface area contributed by atoms with E-state index in [1.165, 1.54) is 0 Å². The van der Waals surface area contributed by atoms with E-state index in [0.717, 1.165) is 24.2 Å². The van der Waals surface area contributed by atoms with Crippen molar-refractivity contribution in [2.75, 3.05) is 39.3 Å². The minimum absolute atomic E-state index is 0.0695. The van der Waals surface area contributed by atoms with Gasteiger partial charge in [-0.1, -0.05) is 12.1 Å². The third-order valence-electron chi connectivity index (χ3n) is 6.03. The number of rotatable bonds is 6. The normalized spacial score (nSPS) is 22.2. The Hall–Kier alpha value is -2.57. The molecule has 156 valence electrons. The smallest absolute Gasteiger partial charge is 0.228 e. The van der Waals surface area contributed by atoms with Crippen molar-refractivity contribution >= 4 is 17.7 Å². The Morgan fingerprint density at radius 1 is 1.03 bits per heavy atom. The highest BCUT2D eigenvalue weighted by atomic mass is 16.5. The number of carbonyl (C=O) groups excluding carboxylic acids is 3. The second-order valence-corrected chi connectivity index (χ2v) is 8.14. The molecule has 1 aromatic rings. The lowest BCUT2D eigenvalue weighted by molar-refractivity contribution is -0.141. The predicted octanol–water partition coefficient (Wildman–Crippen LogP) is 1.31. The van der Waals surface area contributed by atoms with Gasteiger partial charge >= 0.3 is 0 Å². The van der Waals surface area contributed by atoms with Gasteiger partial charge in [-0.2, -0.15) is 0 Å². The van der Waals surface area contributed by atoms with Gasteiger partial charge in [-0.15, -0.1) is 0 Å². The number of carbonyl (C=O) groups is 3. The van der Waals surface area contributed by atoms with Crippen molar-refractivity contribution in [3.05, 3.63) is 29.8 Å². The average molecular weight is 399 g/mol. The quantitative estimate of drug-likeness (QED) is 0.723. The molecule has 1 saturated carbocycles. The summed E-state index contributed by atoms with van der Waals surface area (Å²) in [6, 6.07) is 7.99. The van der Waals surface area contributed by atoms with E-state index in [1.54, 1.807) is 0 Å². The third kappa shape index (κ3) is 4.54. The van der Waals surface area contributed by atoms with Crippen LogP contribution in [0, 0.1) is 5.92 Å². The summed E-state index contributed by atoms with van der Waals surface area (Å²) in [7, 11) is 0. The minimum Gasteiger partial charge on any atom is -0.494 e. The monoisotopic (exact) mass is 399 g/mol. The first kappa shape index (κ1) is 19.7. The summed E-state index contributed by atoms with van der Waals surface area (Å²) >= 11 is 0. The Morgan fingerprint density at radius 2 is 1.69 bits per heavy atom. The van der Waals surface area contributed by atoms with Crippen molar-refractivity contribution in [1.29, 1.82) is 0 Å². The van der Waals surface area contributed by atoms with Crippen LogP contribution in [0.5, 0.6) is 5.75 Å². The van der Waals surface area contributed by atoms with E-state index in [1.807, 2.05) is 45.9 Å². The molecule has 1 unspecified atom stereocenters. The van der Waals surface area contributed by atoms with Crippen LogP contribution in [0.1, 0.15) is 31.7 Å². The average Bonchev–Trinajstić information content (AvgIpc) is 3.50. The van der Waals surface area contributed by atoms with Crippen LogP contribution >= 0.6 is 0 Å². The molecule has 2 heterocycles. The topological polar surface area (TPSA) is 70.2 Å². The van der Waals surface area contributed by atoms with Gasteiger partial charge in [0, 0.05) is 45.2 Å². The van der Waals surface area contributed by atoms with Crippen LogP contribution in [0.3, 0.4) is 0 Å². The second-order valence-electron chi connectivity index (χ2n) is 8.14. The molecule has 4 rings (SSSR count). The van der Waals surface area contributed by atoms with Crippen molar-refractivity contribution in [2.45, 2.75) is 38.6 Å². The number of likely N-dealkylation sites (tertiary alicyclic amines) is 1. The van der Waals surface area contributed by atoms with E-state index < -0.39 is 0 Å². The molecule has 3 amide bonds. The Morgan fingerprint density at radius 3 is 2.31 bits per heavy atom. The SMILES string of the molecule is CCOc1ccc(CC(=O)N2CCN(C(=O)C3CC(=O)N(C4CC4)C3)CC2)cc1. The maximum absolute atomic E-state index is 12.8. The summed E-state index contributed by atoms with van der Waals surface area (Å²) in [5.41, 5.74) is 0.960. The lowest BCUT2D eigenvalue weighted by Crippen LogP contribution is -2.52. The molecule has 0 N–H and O–H groups in total. The largest absolute Gasteiger partial charge is 0.494 e. The molecule has 0 spiro atoms. The number of hydrogen-bond acceptors (Lipinski definition) is 4. The first-order valence-corrected chi connectivity index (χ1v) is 10.6. The van der Waals surface area contributed by atoms with Crippen LogP contribution in [0.2, 0.25) is 0 Å². The lowest BCUT2D eigenvalue weighted by Gasteiger charge is -2.36. The van der Waals surface area contributed by atoms with Crippen LogP contribution < -0.4 is 4.74 Å². The molecule has 0 radical (unpaired) electrons. The van der Waals surface area contributed by atoms with E-state index in [0.29, 0.717) is 58.2 Å². The molecule has 1 aliphatic carbocycles. The highest BCUT2D eigenvalue weighted by Crippen LogP contribution is 2.33. The number of piperazine rings is 1. The Kier molecular flexibility index (Phi) is 5.74. The zero-order chi connectivity index (χ0) is 20.4. The van der Waals surface area contributed by atoms with Crippen LogP contribution in [-0.4, -0.2) is 77.8 Å². The van der Waals surface area contributed by atoms with Gasteiger partial charge in [0.05, 0.1) is 18.9 Å². The van der Waals surface area contributed by atoms with E-state index in [-0.39, 0.29) is 23.6 Å². The lowest BCUT2D eigenvalue weighted by atomic mass is 10.1. The molecule has 7 nitrogen and oxygen atoms in total. The fraction of sp³-hybridized carbons (Fsp3) is 0.591. The van der Waals surface area contributed by atoms with Gasteiger partial charge in [-0.3, -0.25) is 14.4 Å². The van der Waals surface area contributed by atoms with Gasteiger partial charge in [0.25, 0.3) is 0 Å². The molecular weight excluding hydrogens is 370 g/mol. The van der Waals surface area contributed by atoms with E-state index >= 15 is 0 Å². The zero-order valence-corrected chi connectivity index (χ0v) is 17.0. The fourth-order valence-electron chi connectivity index (χ4n) is 4.23. The van der Waals surface area contributed by atoms with Gasteiger partial charge in [0.15, 0.2) is 0 Å². The van der Waals surface area contributed by atoms with Crippen molar-refractivity contribution < 1.29 is 19.1 Å². The minimum atomic E-state index is -0.214. The Labute approximate surface area is 171 Å². The van der Waals surface area contributed by atoms with Crippen LogP contribution in [-0.2, 0) is 20.8 Å². The fourth-order valence-corrected chi connectivity index (χ4v) is 4.23. The van der Waals surface area contributed by atoms with Crippen molar-refractivity contribution in [3.63, 3.8) is 0 Å². The number of benzene rings is 1. The summed E-state index contributed by atoms with van der Waals surface area (Å²) < 4.78 is 5.43. The Bertz CT molecular complexity index is 767. The van der Waals surface area contributed by atoms with Gasteiger partial charge in [-0.05, 0) is 37.5 Å². The maximum Gasteiger partial charge on any atom is 0.228 e. The summed E-state index contributed by atoms with van der Waals surface area (Å²) in [5.74, 6) is 0.864. The highest BCUT2D eigenvalue weighted by Gasteiger charge is 2.43. The molecule has 1 atom stereocenters. The van der Waals surface area contributed by atoms with Gasteiger partial charge < -0.3 is 19.4 Å². The van der Waals surface area contributed by atoms with Gasteiger partial charge in [0.1, 0.15) is 5.75 Å². The standard InChI is InChI=1S/C22H29N3O4/c1-2-29-19-7-3-16(4-8-19)13-20(26)23-9-11-24(12-10-23)22(28)17-14-21(27)25(15-17)18-5-6-18/h3-4,7-8,17-18H,2,5-6,9-15H2,1H3. The number of ether oxygens (including phenoxy) is 1. The van der Waals surface area contributed by atoms with Gasteiger partial charge in [-0.25, -0.2) is 0 Å². The van der Waals surface area contributed by atoms with Crippen LogP contribution in [0.4, 0.5) is 0 Å². The zero-order valence-electron chi connectivity index (χ0n) is 17.0. The molecule has 2 aliphatic heterocycles. The van der Waals surface area contributed by atoms with Crippen LogP contribution in [0.25, 0.3) is 0 Å². The third-order valence-corrected chi connectivity index (χ3v) is 6.03. The summed E-state index contributed by atoms with van der Waals surface area (Å²) in [6.07, 6.45) is 2.84. The molecule has 0 aromatic heterocycles. The van der Waals surface area contributed by atoms with Gasteiger partial charge in [0.2, 0.25) is 17.7 Å². The van der Waals surface area contributed by atoms with E-state index in [9.17, 15) is 14.4 Å². The molecule has 29 heavy (non-hydrogen) atoms. The molecule has 1 aromatic carbocycles. The summed E-state index contributed by atoms with van der Waals surface area (Å²) in [5, 5.41) is 0. The number of nitrogens with zero attached hydrogens (tertiary/aromatic N) is 3. The molecule has 7 heteroatoms. The number of amides is 3. The first-order valence-electron chi connectivity index (χ1n) is 10.6. The molecule has 2 saturated heterocycles. The van der Waals surface area contributed by atoms with E-state index in [2.05, 4.69) is 0 Å².